The summed E-state index contributed by atoms with van der Waals surface area (Å²) in [6, 6.07) is 0. The maximum Gasteiger partial charge on any atom is 0.0896 e. The zero-order chi connectivity index (χ0) is 13.7. The quantitative estimate of drug-likeness (QED) is 0.872. The number of hydrogen-bond donors (Lipinski definition) is 1. The minimum absolute atomic E-state index is 0.651. The number of halogens is 1. The van der Waals surface area contributed by atoms with Crippen molar-refractivity contribution in [1.82, 2.24) is 15.1 Å². The van der Waals surface area contributed by atoms with E-state index in [0.29, 0.717) is 12.5 Å². The van der Waals surface area contributed by atoms with Crippen LogP contribution in [0.25, 0.3) is 0 Å². The monoisotopic (exact) mass is 329 g/mol. The van der Waals surface area contributed by atoms with Gasteiger partial charge in [-0.2, -0.15) is 5.10 Å². The number of nitrogens with zero attached hydrogens (tertiary/aromatic N) is 2. The van der Waals surface area contributed by atoms with Crippen LogP contribution in [0.15, 0.2) is 4.47 Å². The van der Waals surface area contributed by atoms with Crippen LogP contribution in [0.1, 0.15) is 38.1 Å². The fourth-order valence-corrected chi connectivity index (χ4v) is 3.22. The van der Waals surface area contributed by atoms with Gasteiger partial charge < -0.3 is 10.1 Å². The van der Waals surface area contributed by atoms with Crippen molar-refractivity contribution < 1.29 is 4.74 Å². The summed E-state index contributed by atoms with van der Waals surface area (Å²) in [5.74, 6) is 0.663. The first-order valence-corrected chi connectivity index (χ1v) is 8.08. The molecule has 1 saturated heterocycles. The highest BCUT2D eigenvalue weighted by Crippen LogP contribution is 2.23. The van der Waals surface area contributed by atoms with Crippen LogP contribution in [0.3, 0.4) is 0 Å². The minimum atomic E-state index is 0.651. The third-order valence-corrected chi connectivity index (χ3v) is 4.60. The molecule has 0 amide bonds. The predicted molar refractivity (Wildman–Crippen MR) is 80.2 cm³/mol. The summed E-state index contributed by atoms with van der Waals surface area (Å²) in [6.45, 7) is 8.88. The number of aromatic nitrogens is 2. The number of nitrogens with one attached hydrogen (secondary N) is 1. The first-order chi connectivity index (χ1) is 9.26. The number of aryl methyl sites for hydroxylation is 2. The van der Waals surface area contributed by atoms with Gasteiger partial charge in [0.1, 0.15) is 0 Å². The highest BCUT2D eigenvalue weighted by Gasteiger charge is 2.16. The fourth-order valence-electron chi connectivity index (χ4n) is 2.54. The van der Waals surface area contributed by atoms with E-state index in [1.54, 1.807) is 0 Å². The van der Waals surface area contributed by atoms with Gasteiger partial charge in [-0.1, -0.05) is 6.92 Å². The van der Waals surface area contributed by atoms with Crippen LogP contribution in [0.4, 0.5) is 0 Å². The lowest BCUT2D eigenvalue weighted by atomic mass is 10.0. The first kappa shape index (κ1) is 15.0. The first-order valence-electron chi connectivity index (χ1n) is 7.28. The Kier molecular flexibility index (Phi) is 5.85. The van der Waals surface area contributed by atoms with E-state index < -0.39 is 0 Å². The van der Waals surface area contributed by atoms with E-state index in [9.17, 15) is 0 Å². The Labute approximate surface area is 124 Å². The lowest BCUT2D eigenvalue weighted by molar-refractivity contribution is 0.0737. The van der Waals surface area contributed by atoms with Crippen LogP contribution >= 0.6 is 15.9 Å². The summed E-state index contributed by atoms with van der Waals surface area (Å²) in [6.07, 6.45) is 3.50. The maximum atomic E-state index is 5.91. The van der Waals surface area contributed by atoms with Crippen LogP contribution < -0.4 is 5.32 Å². The van der Waals surface area contributed by atoms with Gasteiger partial charge in [-0.15, -0.1) is 0 Å². The average Bonchev–Trinajstić information content (AvgIpc) is 2.76. The maximum absolute atomic E-state index is 5.91. The van der Waals surface area contributed by atoms with Gasteiger partial charge in [-0.25, -0.2) is 0 Å². The smallest absolute Gasteiger partial charge is 0.0896 e. The number of hydrogen-bond acceptors (Lipinski definition) is 3. The molecule has 108 valence electrons. The lowest BCUT2D eigenvalue weighted by Crippen LogP contribution is -2.32. The van der Waals surface area contributed by atoms with Crippen molar-refractivity contribution in [1.29, 1.82) is 0 Å². The van der Waals surface area contributed by atoms with Crippen molar-refractivity contribution in [2.75, 3.05) is 19.7 Å². The molecule has 1 unspecified atom stereocenters. The van der Waals surface area contributed by atoms with Gasteiger partial charge in [0.05, 0.1) is 29.1 Å². The zero-order valence-electron chi connectivity index (χ0n) is 11.9. The van der Waals surface area contributed by atoms with E-state index in [2.05, 4.69) is 40.2 Å². The molecule has 2 rings (SSSR count). The van der Waals surface area contributed by atoms with Gasteiger partial charge in [0.2, 0.25) is 0 Å². The normalized spacial score (nSPS) is 19.8. The molecular formula is C14H24BrN3O. The Hall–Kier alpha value is -0.390. The van der Waals surface area contributed by atoms with Crippen LogP contribution in [-0.4, -0.2) is 29.5 Å². The van der Waals surface area contributed by atoms with Gasteiger partial charge in [0.15, 0.2) is 0 Å². The Morgan fingerprint density at radius 2 is 2.32 bits per heavy atom. The Bertz CT molecular complexity index is 400. The van der Waals surface area contributed by atoms with E-state index in [1.807, 2.05) is 4.68 Å². The summed E-state index contributed by atoms with van der Waals surface area (Å²) in [4.78, 5) is 0. The second kappa shape index (κ2) is 7.41. The van der Waals surface area contributed by atoms with E-state index in [4.69, 9.17) is 4.74 Å². The molecule has 4 nitrogen and oxygen atoms in total. The van der Waals surface area contributed by atoms with Crippen LogP contribution in [0, 0.1) is 5.92 Å². The molecule has 0 spiro atoms. The molecule has 1 aromatic rings. The molecule has 0 aromatic carbocycles. The molecule has 2 heterocycles. The van der Waals surface area contributed by atoms with E-state index in [1.165, 1.54) is 18.5 Å². The molecule has 0 saturated carbocycles. The highest BCUT2D eigenvalue weighted by atomic mass is 79.9. The predicted octanol–water partition coefficient (Wildman–Crippen LogP) is 2.74. The fraction of sp³-hybridized carbons (Fsp3) is 0.786. The van der Waals surface area contributed by atoms with Gasteiger partial charge in [0, 0.05) is 13.1 Å². The molecule has 1 aliphatic heterocycles. The third-order valence-electron chi connectivity index (χ3n) is 3.69. The van der Waals surface area contributed by atoms with Crippen molar-refractivity contribution in [3.63, 3.8) is 0 Å². The van der Waals surface area contributed by atoms with Crippen LogP contribution in [-0.2, 0) is 24.3 Å². The molecule has 0 aliphatic carbocycles. The Balaban J connectivity index is 1.89. The highest BCUT2D eigenvalue weighted by molar-refractivity contribution is 9.10. The summed E-state index contributed by atoms with van der Waals surface area (Å²) < 4.78 is 9.08. The second-order valence-electron chi connectivity index (χ2n) is 5.10. The zero-order valence-corrected chi connectivity index (χ0v) is 13.5. The second-order valence-corrected chi connectivity index (χ2v) is 5.90. The molecule has 19 heavy (non-hydrogen) atoms. The number of rotatable bonds is 6. The van der Waals surface area contributed by atoms with Gasteiger partial charge in [-0.05, 0) is 54.6 Å². The van der Waals surface area contributed by atoms with Crippen molar-refractivity contribution in [2.45, 2.75) is 46.3 Å². The largest absolute Gasteiger partial charge is 0.375 e. The molecule has 1 fully saturated rings. The third kappa shape index (κ3) is 3.80. The standard InChI is InChI=1S/C14H24BrN3O/c1-3-12-14(15)13(18(4-2)17-12)10-19-9-11-6-5-7-16-8-11/h11,16H,3-10H2,1-2H3. The molecule has 0 radical (unpaired) electrons. The number of ether oxygens (including phenoxy) is 1. The minimum Gasteiger partial charge on any atom is -0.375 e. The van der Waals surface area contributed by atoms with E-state index in [-0.39, 0.29) is 0 Å². The SMILES string of the molecule is CCc1nn(CC)c(COCC2CCCNC2)c1Br. The molecule has 1 aromatic heterocycles. The summed E-state index contributed by atoms with van der Waals surface area (Å²) in [7, 11) is 0. The Morgan fingerprint density at radius 3 is 2.95 bits per heavy atom. The average molecular weight is 330 g/mol. The lowest BCUT2D eigenvalue weighted by Gasteiger charge is -2.22. The summed E-state index contributed by atoms with van der Waals surface area (Å²) in [5, 5.41) is 8.01. The van der Waals surface area contributed by atoms with Crippen LogP contribution in [0.5, 0.6) is 0 Å². The van der Waals surface area contributed by atoms with Gasteiger partial charge >= 0.3 is 0 Å². The molecule has 1 atom stereocenters. The van der Waals surface area contributed by atoms with Crippen molar-refractivity contribution in [2.24, 2.45) is 5.92 Å². The summed E-state index contributed by atoms with van der Waals surface area (Å²) >= 11 is 3.65. The number of piperidine rings is 1. The van der Waals surface area contributed by atoms with Crippen molar-refractivity contribution >= 4 is 15.9 Å². The van der Waals surface area contributed by atoms with Crippen molar-refractivity contribution in [3.8, 4) is 0 Å². The summed E-state index contributed by atoms with van der Waals surface area (Å²) in [5.41, 5.74) is 2.29. The Morgan fingerprint density at radius 1 is 1.47 bits per heavy atom. The van der Waals surface area contributed by atoms with E-state index >= 15 is 0 Å². The van der Waals surface area contributed by atoms with Gasteiger partial charge in [-0.3, -0.25) is 4.68 Å². The molecule has 1 aliphatic rings. The molecule has 5 heteroatoms. The van der Waals surface area contributed by atoms with Crippen molar-refractivity contribution in [3.05, 3.63) is 15.9 Å². The van der Waals surface area contributed by atoms with Gasteiger partial charge in [0.25, 0.3) is 0 Å². The van der Waals surface area contributed by atoms with E-state index in [0.717, 1.165) is 42.8 Å². The molecular weight excluding hydrogens is 306 g/mol. The topological polar surface area (TPSA) is 39.1 Å². The molecule has 1 N–H and O–H groups in total. The van der Waals surface area contributed by atoms with Crippen LogP contribution in [0.2, 0.25) is 0 Å². The molecule has 0 bridgehead atoms.